The number of halogens is 1. The Balaban J connectivity index is 1.37. The largest absolute Gasteiger partial charge is 0.390 e. The van der Waals surface area contributed by atoms with E-state index in [2.05, 4.69) is 20.2 Å². The van der Waals surface area contributed by atoms with Crippen LogP contribution in [0.25, 0.3) is 33.3 Å². The Morgan fingerprint density at radius 3 is 2.74 bits per heavy atom. The number of aromatic amines is 1. The molecule has 10 nitrogen and oxygen atoms in total. The van der Waals surface area contributed by atoms with Crippen LogP contribution in [0.1, 0.15) is 31.2 Å². The van der Waals surface area contributed by atoms with Crippen LogP contribution in [0.3, 0.4) is 0 Å². The minimum absolute atomic E-state index is 0.00610. The van der Waals surface area contributed by atoms with Gasteiger partial charge >= 0.3 is 0 Å². The summed E-state index contributed by atoms with van der Waals surface area (Å²) >= 11 is 6.83. The van der Waals surface area contributed by atoms with Crippen molar-refractivity contribution in [3.8, 4) is 11.3 Å². The number of anilines is 1. The standard InChI is InChI=1S/C24H29ClN8O2/c1-12-17-15(31-32(12)3)5-4-14(18(17)25)19-20-22(30-29-19)28-23(16(10-34)27-20)33-8-6-24(7-9-33)11-35-13(2)21(24)26/h4-5,13,21,34H,6-11,26H2,1-3H3,(H,28,29,30)/t13-,21+/m0/s1. The molecule has 4 aromatic rings. The number of ether oxygens (including phenoxy) is 1. The highest BCUT2D eigenvalue weighted by Crippen LogP contribution is 2.42. The maximum absolute atomic E-state index is 10.2. The summed E-state index contributed by atoms with van der Waals surface area (Å²) in [5, 5.41) is 23.7. The van der Waals surface area contributed by atoms with Gasteiger partial charge < -0.3 is 20.5 Å². The van der Waals surface area contributed by atoms with Crippen molar-refractivity contribution in [2.24, 2.45) is 18.2 Å². The fourth-order valence-corrected chi connectivity index (χ4v) is 6.02. The molecule has 4 N–H and O–H groups in total. The Kier molecular flexibility index (Phi) is 5.26. The number of aliphatic hydroxyl groups excluding tert-OH is 1. The molecular formula is C24H29ClN8O2. The molecule has 3 aromatic heterocycles. The third-order valence-electron chi connectivity index (χ3n) is 7.99. The second kappa shape index (κ2) is 8.12. The van der Waals surface area contributed by atoms with Gasteiger partial charge in [0.05, 0.1) is 35.6 Å². The van der Waals surface area contributed by atoms with Gasteiger partial charge in [0.2, 0.25) is 5.65 Å². The first-order valence-corrected chi connectivity index (χ1v) is 12.3. The quantitative estimate of drug-likeness (QED) is 0.394. The van der Waals surface area contributed by atoms with Crippen LogP contribution in [0, 0.1) is 12.3 Å². The third-order valence-corrected chi connectivity index (χ3v) is 8.38. The summed E-state index contributed by atoms with van der Waals surface area (Å²) < 4.78 is 7.66. The SMILES string of the molecule is Cc1c2c(Cl)c(-c3[nH]nc4nc(N5CCC6(CC5)CO[C@@H](C)[C@H]6N)c(CO)nc34)ccc2nn1C. The van der Waals surface area contributed by atoms with Crippen LogP contribution < -0.4 is 10.6 Å². The Hall–Kier alpha value is -2.79. The molecule has 0 saturated carbocycles. The molecule has 1 spiro atoms. The normalized spacial score (nSPS) is 22.2. The predicted molar refractivity (Wildman–Crippen MR) is 134 cm³/mol. The summed E-state index contributed by atoms with van der Waals surface area (Å²) in [4.78, 5) is 11.8. The lowest BCUT2D eigenvalue weighted by molar-refractivity contribution is 0.0973. The molecule has 2 atom stereocenters. The molecule has 1 aromatic carbocycles. The van der Waals surface area contributed by atoms with E-state index >= 15 is 0 Å². The zero-order chi connectivity index (χ0) is 24.5. The van der Waals surface area contributed by atoms with E-state index in [1.54, 1.807) is 0 Å². The van der Waals surface area contributed by atoms with Crippen LogP contribution in [0.4, 0.5) is 5.82 Å². The molecule has 0 aliphatic carbocycles. The Morgan fingerprint density at radius 2 is 2.06 bits per heavy atom. The number of nitrogens with zero attached hydrogens (tertiary/aromatic N) is 6. The van der Waals surface area contributed by atoms with Crippen LogP contribution >= 0.6 is 11.6 Å². The Bertz CT molecular complexity index is 1440. The topological polar surface area (TPSA) is 131 Å². The van der Waals surface area contributed by atoms with Crippen LogP contribution in [-0.4, -0.2) is 66.9 Å². The number of benzene rings is 1. The van der Waals surface area contributed by atoms with E-state index in [0.717, 1.165) is 48.1 Å². The molecule has 5 heterocycles. The first kappa shape index (κ1) is 22.7. The van der Waals surface area contributed by atoms with E-state index in [9.17, 15) is 5.11 Å². The smallest absolute Gasteiger partial charge is 0.202 e. The minimum atomic E-state index is -0.224. The van der Waals surface area contributed by atoms with Crippen molar-refractivity contribution in [3.05, 3.63) is 28.5 Å². The summed E-state index contributed by atoms with van der Waals surface area (Å²) in [6.07, 6.45) is 1.90. The van der Waals surface area contributed by atoms with Gasteiger partial charge in [-0.15, -0.1) is 0 Å². The summed E-state index contributed by atoms with van der Waals surface area (Å²) in [6.45, 7) is 6.06. The fourth-order valence-electron chi connectivity index (χ4n) is 5.63. The molecular weight excluding hydrogens is 468 g/mol. The lowest BCUT2D eigenvalue weighted by Gasteiger charge is -2.41. The first-order chi connectivity index (χ1) is 16.8. The van der Waals surface area contributed by atoms with Gasteiger partial charge in [-0.3, -0.25) is 9.78 Å². The van der Waals surface area contributed by atoms with Crippen LogP contribution in [0.5, 0.6) is 0 Å². The maximum Gasteiger partial charge on any atom is 0.202 e. The van der Waals surface area contributed by atoms with Crippen molar-refractivity contribution >= 4 is 39.5 Å². The van der Waals surface area contributed by atoms with Crippen molar-refractivity contribution in [3.63, 3.8) is 0 Å². The predicted octanol–water partition coefficient (Wildman–Crippen LogP) is 2.69. The number of aromatic nitrogens is 6. The van der Waals surface area contributed by atoms with Gasteiger partial charge in [0, 0.05) is 48.2 Å². The highest BCUT2D eigenvalue weighted by Gasteiger charge is 2.47. The van der Waals surface area contributed by atoms with Crippen molar-refractivity contribution in [2.45, 2.75) is 45.4 Å². The van der Waals surface area contributed by atoms with Crippen LogP contribution in [0.2, 0.25) is 5.02 Å². The third kappa shape index (κ3) is 3.35. The summed E-state index contributed by atoms with van der Waals surface area (Å²) in [5.74, 6) is 0.665. The average Bonchev–Trinajstić information content (AvgIpc) is 3.49. The van der Waals surface area contributed by atoms with Crippen LogP contribution in [0.15, 0.2) is 12.1 Å². The number of hydrogen-bond acceptors (Lipinski definition) is 8. The number of aryl methyl sites for hydroxylation is 2. The molecule has 2 aliphatic heterocycles. The Morgan fingerprint density at radius 1 is 1.29 bits per heavy atom. The van der Waals surface area contributed by atoms with Gasteiger partial charge in [-0.25, -0.2) is 9.97 Å². The lowest BCUT2D eigenvalue weighted by Crippen LogP contribution is -2.51. The van der Waals surface area contributed by atoms with E-state index in [-0.39, 0.29) is 24.2 Å². The van der Waals surface area contributed by atoms with Gasteiger partial charge in [0.15, 0.2) is 5.82 Å². The lowest BCUT2D eigenvalue weighted by atomic mass is 9.73. The fraction of sp³-hybridized carbons (Fsp3) is 0.500. The average molecular weight is 497 g/mol. The number of rotatable bonds is 3. The van der Waals surface area contributed by atoms with Crippen LogP contribution in [-0.2, 0) is 18.4 Å². The van der Waals surface area contributed by atoms with E-state index < -0.39 is 0 Å². The second-order valence-electron chi connectivity index (χ2n) is 9.84. The zero-order valence-corrected chi connectivity index (χ0v) is 20.8. The molecule has 2 aliphatic rings. The van der Waals surface area contributed by atoms with Gasteiger partial charge in [-0.05, 0) is 38.8 Å². The molecule has 35 heavy (non-hydrogen) atoms. The second-order valence-corrected chi connectivity index (χ2v) is 10.2. The van der Waals surface area contributed by atoms with Crippen molar-refractivity contribution in [1.82, 2.24) is 29.9 Å². The number of hydrogen-bond donors (Lipinski definition) is 3. The summed E-state index contributed by atoms with van der Waals surface area (Å²) in [5.41, 5.74) is 11.3. The van der Waals surface area contributed by atoms with Crippen molar-refractivity contribution in [1.29, 1.82) is 0 Å². The minimum Gasteiger partial charge on any atom is -0.390 e. The number of nitrogens with one attached hydrogen (secondary N) is 1. The van der Waals surface area contributed by atoms with E-state index in [0.29, 0.717) is 40.0 Å². The highest BCUT2D eigenvalue weighted by molar-refractivity contribution is 6.38. The first-order valence-electron chi connectivity index (χ1n) is 11.9. The molecule has 2 fully saturated rings. The summed E-state index contributed by atoms with van der Waals surface area (Å²) in [7, 11) is 1.90. The number of aliphatic hydroxyl groups is 1. The highest BCUT2D eigenvalue weighted by atomic mass is 35.5. The number of H-pyrrole nitrogens is 1. The zero-order valence-electron chi connectivity index (χ0n) is 20.0. The van der Waals surface area contributed by atoms with Gasteiger partial charge in [0.1, 0.15) is 11.2 Å². The maximum atomic E-state index is 10.2. The molecule has 0 unspecified atom stereocenters. The number of fused-ring (bicyclic) bond motifs is 2. The monoisotopic (exact) mass is 496 g/mol. The number of piperidine rings is 1. The van der Waals surface area contributed by atoms with Crippen molar-refractivity contribution in [2.75, 3.05) is 24.6 Å². The molecule has 6 rings (SSSR count). The van der Waals surface area contributed by atoms with E-state index in [1.165, 1.54) is 0 Å². The Labute approximate surface area is 207 Å². The van der Waals surface area contributed by atoms with Gasteiger partial charge in [0.25, 0.3) is 0 Å². The molecule has 2 saturated heterocycles. The van der Waals surface area contributed by atoms with E-state index in [1.807, 2.05) is 37.7 Å². The van der Waals surface area contributed by atoms with Gasteiger partial charge in [-0.2, -0.15) is 10.2 Å². The van der Waals surface area contributed by atoms with E-state index in [4.69, 9.17) is 32.0 Å². The molecule has 0 amide bonds. The molecule has 0 bridgehead atoms. The molecule has 184 valence electrons. The molecule has 11 heteroatoms. The molecule has 0 radical (unpaired) electrons. The summed E-state index contributed by atoms with van der Waals surface area (Å²) in [6, 6.07) is 3.89. The number of nitrogens with two attached hydrogens (primary N) is 1. The van der Waals surface area contributed by atoms with Crippen molar-refractivity contribution < 1.29 is 9.84 Å². The van der Waals surface area contributed by atoms with Gasteiger partial charge in [-0.1, -0.05) is 11.6 Å².